The van der Waals surface area contributed by atoms with E-state index in [0.717, 1.165) is 17.1 Å². The van der Waals surface area contributed by atoms with Gasteiger partial charge in [0.15, 0.2) is 0 Å². The van der Waals surface area contributed by atoms with E-state index in [9.17, 15) is 18.0 Å². The second-order valence-corrected chi connectivity index (χ2v) is 12.8. The number of anilines is 1. The van der Waals surface area contributed by atoms with Gasteiger partial charge in [0.25, 0.3) is 10.0 Å². The van der Waals surface area contributed by atoms with Crippen LogP contribution < -0.4 is 9.62 Å². The summed E-state index contributed by atoms with van der Waals surface area (Å²) in [5.41, 5.74) is 0.573. The average molecular weight is 659 g/mol. The van der Waals surface area contributed by atoms with E-state index in [4.69, 9.17) is 46.4 Å². The topological polar surface area (TPSA) is 86.8 Å². The maximum Gasteiger partial charge on any atom is 0.264 e. The van der Waals surface area contributed by atoms with Crippen LogP contribution in [-0.4, -0.2) is 44.3 Å². The third kappa shape index (κ3) is 8.52. The Morgan fingerprint density at radius 3 is 2.17 bits per heavy atom. The van der Waals surface area contributed by atoms with Gasteiger partial charge in [0.1, 0.15) is 12.6 Å². The van der Waals surface area contributed by atoms with Crippen LogP contribution in [0.1, 0.15) is 38.7 Å². The normalized spacial score (nSPS) is 12.0. The lowest BCUT2D eigenvalue weighted by molar-refractivity contribution is -0.140. The molecule has 3 rings (SSSR count). The van der Waals surface area contributed by atoms with E-state index in [-0.39, 0.29) is 39.5 Å². The van der Waals surface area contributed by atoms with Gasteiger partial charge in [0, 0.05) is 28.2 Å². The van der Waals surface area contributed by atoms with Crippen LogP contribution in [-0.2, 0) is 26.2 Å². The van der Waals surface area contributed by atoms with Crippen LogP contribution in [0, 0.1) is 0 Å². The molecule has 12 heteroatoms. The van der Waals surface area contributed by atoms with Crippen molar-refractivity contribution in [3.05, 3.63) is 92.4 Å². The van der Waals surface area contributed by atoms with Crippen molar-refractivity contribution in [1.82, 2.24) is 10.2 Å². The molecule has 0 aromatic heterocycles. The molecule has 1 atom stereocenters. The van der Waals surface area contributed by atoms with Crippen LogP contribution >= 0.6 is 46.4 Å². The number of sulfonamides is 1. The molecule has 0 aliphatic heterocycles. The number of unbranched alkanes of at least 4 members (excludes halogenated alkanes) is 1. The molecule has 41 heavy (non-hydrogen) atoms. The summed E-state index contributed by atoms with van der Waals surface area (Å²) in [5, 5.41) is 3.92. The molecule has 1 N–H and O–H groups in total. The Kier molecular flexibility index (Phi) is 12.2. The Morgan fingerprint density at radius 2 is 1.54 bits per heavy atom. The van der Waals surface area contributed by atoms with E-state index in [2.05, 4.69) is 5.32 Å². The Labute approximate surface area is 261 Å². The van der Waals surface area contributed by atoms with E-state index in [1.54, 1.807) is 43.3 Å². The number of carbonyl (C=O) groups excluding carboxylic acids is 2. The maximum absolute atomic E-state index is 14.1. The number of halogens is 4. The average Bonchev–Trinajstić information content (AvgIpc) is 2.94. The summed E-state index contributed by atoms with van der Waals surface area (Å²) in [6.45, 7) is 3.52. The number of nitrogens with one attached hydrogen (secondary N) is 1. The van der Waals surface area contributed by atoms with Gasteiger partial charge in [-0.15, -0.1) is 0 Å². The molecule has 0 bridgehead atoms. The minimum absolute atomic E-state index is 0.0290. The van der Waals surface area contributed by atoms with Crippen LogP contribution in [0.4, 0.5) is 5.69 Å². The van der Waals surface area contributed by atoms with Crippen molar-refractivity contribution in [2.45, 2.75) is 50.6 Å². The maximum atomic E-state index is 14.1. The highest BCUT2D eigenvalue weighted by Crippen LogP contribution is 2.33. The van der Waals surface area contributed by atoms with Gasteiger partial charge in [0.2, 0.25) is 11.8 Å². The van der Waals surface area contributed by atoms with E-state index in [0.29, 0.717) is 22.2 Å². The highest BCUT2D eigenvalue weighted by Gasteiger charge is 2.34. The van der Waals surface area contributed by atoms with Crippen LogP contribution in [0.5, 0.6) is 0 Å². The predicted molar refractivity (Wildman–Crippen MR) is 166 cm³/mol. The van der Waals surface area contributed by atoms with Crippen molar-refractivity contribution in [2.24, 2.45) is 0 Å². The van der Waals surface area contributed by atoms with Crippen molar-refractivity contribution in [1.29, 1.82) is 0 Å². The number of carbonyl (C=O) groups is 2. The van der Waals surface area contributed by atoms with E-state index in [1.165, 1.54) is 35.2 Å². The van der Waals surface area contributed by atoms with Gasteiger partial charge >= 0.3 is 0 Å². The molecule has 2 amide bonds. The number of amides is 2. The minimum atomic E-state index is -4.28. The molecule has 3 aromatic carbocycles. The zero-order valence-electron chi connectivity index (χ0n) is 22.6. The molecule has 0 radical (unpaired) electrons. The summed E-state index contributed by atoms with van der Waals surface area (Å²) in [6.07, 6.45) is 1.93. The molecule has 0 aliphatic rings. The zero-order chi connectivity index (χ0) is 30.2. The molecule has 7 nitrogen and oxygen atoms in total. The van der Waals surface area contributed by atoms with Crippen LogP contribution in [0.25, 0.3) is 0 Å². The van der Waals surface area contributed by atoms with Gasteiger partial charge in [0.05, 0.1) is 15.6 Å². The van der Waals surface area contributed by atoms with Crippen LogP contribution in [0.2, 0.25) is 20.1 Å². The highest BCUT2D eigenvalue weighted by atomic mass is 35.5. The van der Waals surface area contributed by atoms with Gasteiger partial charge in [-0.25, -0.2) is 8.42 Å². The molecule has 220 valence electrons. The van der Waals surface area contributed by atoms with Crippen LogP contribution in [0.15, 0.2) is 71.6 Å². The van der Waals surface area contributed by atoms with Crippen molar-refractivity contribution < 1.29 is 18.0 Å². The summed E-state index contributed by atoms with van der Waals surface area (Å²) in [6, 6.07) is 16.0. The third-order valence-electron chi connectivity index (χ3n) is 6.36. The first-order valence-electron chi connectivity index (χ1n) is 13.0. The smallest absolute Gasteiger partial charge is 0.264 e. The highest BCUT2D eigenvalue weighted by molar-refractivity contribution is 7.92. The van der Waals surface area contributed by atoms with Gasteiger partial charge in [-0.05, 0) is 60.9 Å². The fourth-order valence-corrected chi connectivity index (χ4v) is 6.52. The van der Waals surface area contributed by atoms with Gasteiger partial charge < -0.3 is 10.2 Å². The van der Waals surface area contributed by atoms with Crippen molar-refractivity contribution in [3.8, 4) is 0 Å². The molecular weight excluding hydrogens is 628 g/mol. The summed E-state index contributed by atoms with van der Waals surface area (Å²) in [5.74, 6) is -0.985. The predicted octanol–water partition coefficient (Wildman–Crippen LogP) is 7.22. The lowest BCUT2D eigenvalue weighted by atomic mass is 10.1. The molecule has 3 aromatic rings. The number of rotatable bonds is 13. The van der Waals surface area contributed by atoms with Crippen molar-refractivity contribution in [3.63, 3.8) is 0 Å². The number of hydrogen-bond acceptors (Lipinski definition) is 4. The molecule has 0 saturated carbocycles. The monoisotopic (exact) mass is 657 g/mol. The summed E-state index contributed by atoms with van der Waals surface area (Å²) in [7, 11) is -4.28. The number of nitrogens with zero attached hydrogens (tertiary/aromatic N) is 2. The van der Waals surface area contributed by atoms with Crippen LogP contribution in [0.3, 0.4) is 0 Å². The fraction of sp³-hybridized carbons (Fsp3) is 0.310. The Bertz CT molecular complexity index is 1470. The summed E-state index contributed by atoms with van der Waals surface area (Å²) < 4.78 is 28.7. The second kappa shape index (κ2) is 15.1. The molecule has 0 unspecified atom stereocenters. The lowest BCUT2D eigenvalue weighted by Crippen LogP contribution is -2.52. The minimum Gasteiger partial charge on any atom is -0.354 e. The second-order valence-electron chi connectivity index (χ2n) is 9.25. The Balaban J connectivity index is 2.09. The molecule has 0 spiro atoms. The van der Waals surface area contributed by atoms with E-state index < -0.39 is 28.5 Å². The Morgan fingerprint density at radius 1 is 0.878 bits per heavy atom. The molecule has 0 saturated heterocycles. The van der Waals surface area contributed by atoms with E-state index in [1.807, 2.05) is 6.92 Å². The molecule has 0 heterocycles. The summed E-state index contributed by atoms with van der Waals surface area (Å²) in [4.78, 5) is 28.7. The standard InChI is InChI=1S/C29H31Cl4N3O4S/c1-3-5-15-34-29(38)26(4-2)35(18-20-11-12-21(30)16-25(20)33)28(37)19-36(27-17-22(31)13-14-24(27)32)41(39,40)23-9-7-6-8-10-23/h6-14,16-17,26H,3-5,15,18-19H2,1-2H3,(H,34,38)/t26-/m1/s1. The van der Waals surface area contributed by atoms with Gasteiger partial charge in [-0.3, -0.25) is 13.9 Å². The largest absolute Gasteiger partial charge is 0.354 e. The fourth-order valence-electron chi connectivity index (χ4n) is 4.17. The number of benzene rings is 3. The summed E-state index contributed by atoms with van der Waals surface area (Å²) >= 11 is 25.2. The molecular formula is C29H31Cl4N3O4S. The number of hydrogen-bond donors (Lipinski definition) is 1. The van der Waals surface area contributed by atoms with Crippen molar-refractivity contribution >= 4 is 73.9 Å². The SMILES string of the molecule is CCCCNC(=O)[C@@H](CC)N(Cc1ccc(Cl)cc1Cl)C(=O)CN(c1cc(Cl)ccc1Cl)S(=O)(=O)c1ccccc1. The lowest BCUT2D eigenvalue weighted by Gasteiger charge is -2.33. The quantitative estimate of drug-likeness (QED) is 0.197. The Hall–Kier alpha value is -2.49. The van der Waals surface area contributed by atoms with Gasteiger partial charge in [-0.2, -0.15) is 0 Å². The molecule has 0 aliphatic carbocycles. The third-order valence-corrected chi connectivity index (χ3v) is 9.27. The first-order chi connectivity index (χ1) is 19.5. The zero-order valence-corrected chi connectivity index (χ0v) is 26.5. The van der Waals surface area contributed by atoms with Crippen molar-refractivity contribution in [2.75, 3.05) is 17.4 Å². The first-order valence-corrected chi connectivity index (χ1v) is 16.0. The van der Waals surface area contributed by atoms with E-state index >= 15 is 0 Å². The first kappa shape index (κ1) is 33.0. The molecule has 0 fully saturated rings. The van der Waals surface area contributed by atoms with Gasteiger partial charge in [-0.1, -0.05) is 90.9 Å².